The summed E-state index contributed by atoms with van der Waals surface area (Å²) in [6.07, 6.45) is -0.709. The zero-order valence-electron chi connectivity index (χ0n) is 10.3. The Kier molecular flexibility index (Phi) is 4.22. The van der Waals surface area contributed by atoms with Crippen LogP contribution in [0.4, 0.5) is 10.5 Å². The van der Waals surface area contributed by atoms with Gasteiger partial charge in [-0.25, -0.2) is 4.79 Å². The van der Waals surface area contributed by atoms with E-state index in [0.717, 1.165) is 0 Å². The normalized spacial score (nSPS) is 9.85. The molecule has 2 rings (SSSR count). The fourth-order valence-electron chi connectivity index (χ4n) is 1.51. The number of nitrogens with one attached hydrogen (secondary N) is 1. The van der Waals surface area contributed by atoms with Crippen LogP contribution in [0.25, 0.3) is 0 Å². The van der Waals surface area contributed by atoms with Crippen LogP contribution in [0.5, 0.6) is 5.75 Å². The van der Waals surface area contributed by atoms with Crippen LogP contribution in [0.15, 0.2) is 48.5 Å². The van der Waals surface area contributed by atoms with Crippen molar-refractivity contribution < 1.29 is 14.3 Å². The molecule has 0 radical (unpaired) electrons. The molecule has 2 aromatic rings. The Bertz CT molecular complexity index is 644. The van der Waals surface area contributed by atoms with E-state index in [1.807, 2.05) is 0 Å². The number of anilines is 1. The molecule has 0 atom stereocenters. The first kappa shape index (κ1) is 13.9. The van der Waals surface area contributed by atoms with Crippen LogP contribution in [0, 0.1) is 0 Å². The van der Waals surface area contributed by atoms with Gasteiger partial charge in [-0.2, -0.15) is 0 Å². The van der Waals surface area contributed by atoms with Crippen molar-refractivity contribution in [2.75, 3.05) is 5.32 Å². The maximum absolute atomic E-state index is 11.7. The number of hydrogen-bond acceptors (Lipinski definition) is 3. The molecule has 20 heavy (non-hydrogen) atoms. The summed E-state index contributed by atoms with van der Waals surface area (Å²) in [4.78, 5) is 22.8. The lowest BCUT2D eigenvalue weighted by atomic mass is 10.2. The number of hydrogen-bond donors (Lipinski definition) is 2. The molecule has 102 valence electrons. The number of halogens is 1. The van der Waals surface area contributed by atoms with Gasteiger partial charge in [0.15, 0.2) is 0 Å². The van der Waals surface area contributed by atoms with Gasteiger partial charge in [-0.15, -0.1) is 0 Å². The Morgan fingerprint density at radius 3 is 2.45 bits per heavy atom. The molecule has 0 aliphatic carbocycles. The fraction of sp³-hybridized carbons (Fsp3) is 0. The zero-order chi connectivity index (χ0) is 14.5. The van der Waals surface area contributed by atoms with Gasteiger partial charge < -0.3 is 10.5 Å². The number of para-hydroxylation sites is 1. The largest absolute Gasteiger partial charge is 0.417 e. The molecule has 3 N–H and O–H groups in total. The maximum Gasteiger partial charge on any atom is 0.417 e. The van der Waals surface area contributed by atoms with Crippen molar-refractivity contribution in [1.29, 1.82) is 0 Å². The highest BCUT2D eigenvalue weighted by Gasteiger charge is 2.10. The highest BCUT2D eigenvalue weighted by molar-refractivity contribution is 6.33. The number of amides is 2. The van der Waals surface area contributed by atoms with Crippen molar-refractivity contribution in [2.24, 2.45) is 5.73 Å². The fourth-order valence-corrected chi connectivity index (χ4v) is 1.67. The molecule has 0 bridgehead atoms. The van der Waals surface area contributed by atoms with Gasteiger partial charge in [0.25, 0.3) is 0 Å². The van der Waals surface area contributed by atoms with Crippen LogP contribution < -0.4 is 15.8 Å². The van der Waals surface area contributed by atoms with Crippen LogP contribution in [0.1, 0.15) is 10.4 Å². The Morgan fingerprint density at radius 2 is 1.80 bits per heavy atom. The Balaban J connectivity index is 2.11. The maximum atomic E-state index is 11.7. The van der Waals surface area contributed by atoms with E-state index in [-0.39, 0.29) is 16.3 Å². The van der Waals surface area contributed by atoms with Crippen molar-refractivity contribution in [2.45, 2.75) is 0 Å². The SMILES string of the molecule is NC(=O)c1ccc(Cl)c(NC(=O)Oc2ccccc2)c1. The standard InChI is InChI=1S/C14H11ClN2O3/c15-11-7-6-9(13(16)18)8-12(11)17-14(19)20-10-4-2-1-3-5-10/h1-8H,(H2,16,18)(H,17,19). The predicted molar refractivity (Wildman–Crippen MR) is 76.1 cm³/mol. The van der Waals surface area contributed by atoms with Crippen molar-refractivity contribution in [3.8, 4) is 5.75 Å². The summed E-state index contributed by atoms with van der Waals surface area (Å²) in [5.41, 5.74) is 5.65. The highest BCUT2D eigenvalue weighted by Crippen LogP contribution is 2.23. The summed E-state index contributed by atoms with van der Waals surface area (Å²) in [5.74, 6) is -0.215. The van der Waals surface area contributed by atoms with E-state index in [0.29, 0.717) is 5.75 Å². The van der Waals surface area contributed by atoms with E-state index in [2.05, 4.69) is 5.32 Å². The molecule has 0 heterocycles. The van der Waals surface area contributed by atoms with E-state index in [9.17, 15) is 9.59 Å². The van der Waals surface area contributed by atoms with Gasteiger partial charge in [0.2, 0.25) is 5.91 Å². The lowest BCUT2D eigenvalue weighted by Crippen LogP contribution is -2.18. The predicted octanol–water partition coefficient (Wildman–Crippen LogP) is 3.05. The lowest BCUT2D eigenvalue weighted by Gasteiger charge is -2.09. The summed E-state index contributed by atoms with van der Waals surface area (Å²) < 4.78 is 5.05. The van der Waals surface area contributed by atoms with Crippen molar-refractivity contribution in [3.05, 3.63) is 59.1 Å². The van der Waals surface area contributed by atoms with Crippen LogP contribution in [-0.4, -0.2) is 12.0 Å². The molecule has 5 nitrogen and oxygen atoms in total. The smallest absolute Gasteiger partial charge is 0.410 e. The molecule has 6 heteroatoms. The molecule has 0 unspecified atom stereocenters. The van der Waals surface area contributed by atoms with Gasteiger partial charge in [-0.1, -0.05) is 29.8 Å². The number of rotatable bonds is 3. The quantitative estimate of drug-likeness (QED) is 0.911. The van der Waals surface area contributed by atoms with Crippen LogP contribution >= 0.6 is 11.6 Å². The molecule has 0 saturated heterocycles. The summed E-state index contributed by atoms with van der Waals surface area (Å²) in [6.45, 7) is 0. The molecule has 0 spiro atoms. The highest BCUT2D eigenvalue weighted by atomic mass is 35.5. The molecule has 2 aromatic carbocycles. The van der Waals surface area contributed by atoms with E-state index < -0.39 is 12.0 Å². The van der Waals surface area contributed by atoms with Crippen molar-refractivity contribution >= 4 is 29.3 Å². The second-order valence-corrected chi connectivity index (χ2v) is 4.29. The van der Waals surface area contributed by atoms with Gasteiger partial charge in [0.1, 0.15) is 5.75 Å². The first-order valence-corrected chi connectivity index (χ1v) is 6.07. The van der Waals surface area contributed by atoms with Crippen LogP contribution in [0.3, 0.4) is 0 Å². The molecule has 0 aromatic heterocycles. The topological polar surface area (TPSA) is 81.4 Å². The zero-order valence-corrected chi connectivity index (χ0v) is 11.1. The Hall–Kier alpha value is -2.53. The number of nitrogens with two attached hydrogens (primary N) is 1. The minimum Gasteiger partial charge on any atom is -0.410 e. The molecular formula is C14H11ClN2O3. The molecule has 2 amide bonds. The molecule has 0 fully saturated rings. The monoisotopic (exact) mass is 290 g/mol. The Morgan fingerprint density at radius 1 is 1.10 bits per heavy atom. The van der Waals surface area contributed by atoms with Gasteiger partial charge in [0.05, 0.1) is 10.7 Å². The van der Waals surface area contributed by atoms with E-state index in [1.165, 1.54) is 18.2 Å². The van der Waals surface area contributed by atoms with Gasteiger partial charge >= 0.3 is 6.09 Å². The summed E-state index contributed by atoms with van der Waals surface area (Å²) >= 11 is 5.93. The summed E-state index contributed by atoms with van der Waals surface area (Å²) in [6, 6.07) is 12.9. The van der Waals surface area contributed by atoms with E-state index in [1.54, 1.807) is 30.3 Å². The Labute approximate surface area is 120 Å². The first-order valence-electron chi connectivity index (χ1n) is 5.69. The third-order valence-corrected chi connectivity index (χ3v) is 2.77. The van der Waals surface area contributed by atoms with Crippen molar-refractivity contribution in [3.63, 3.8) is 0 Å². The number of benzene rings is 2. The average Bonchev–Trinajstić information content (AvgIpc) is 2.42. The van der Waals surface area contributed by atoms with E-state index in [4.69, 9.17) is 22.1 Å². The third kappa shape index (κ3) is 3.49. The lowest BCUT2D eigenvalue weighted by molar-refractivity contribution is 0.1000. The average molecular weight is 291 g/mol. The van der Waals surface area contributed by atoms with Crippen molar-refractivity contribution in [1.82, 2.24) is 0 Å². The van der Waals surface area contributed by atoms with Crippen LogP contribution in [-0.2, 0) is 0 Å². The van der Waals surface area contributed by atoms with Gasteiger partial charge in [-0.3, -0.25) is 10.1 Å². The molecule has 0 saturated carbocycles. The summed E-state index contributed by atoms with van der Waals surface area (Å²) in [5, 5.41) is 2.73. The third-order valence-electron chi connectivity index (χ3n) is 2.44. The number of primary amides is 1. The summed E-state index contributed by atoms with van der Waals surface area (Å²) in [7, 11) is 0. The number of carbonyl (C=O) groups excluding carboxylic acids is 2. The van der Waals surface area contributed by atoms with E-state index >= 15 is 0 Å². The number of carbonyl (C=O) groups is 2. The second-order valence-electron chi connectivity index (χ2n) is 3.89. The first-order chi connectivity index (χ1) is 9.56. The number of ether oxygens (including phenoxy) is 1. The van der Waals surface area contributed by atoms with Crippen LogP contribution in [0.2, 0.25) is 5.02 Å². The molecule has 0 aliphatic rings. The molecule has 0 aliphatic heterocycles. The second kappa shape index (κ2) is 6.08. The van der Waals surface area contributed by atoms with Gasteiger partial charge in [-0.05, 0) is 30.3 Å². The van der Waals surface area contributed by atoms with Gasteiger partial charge in [0, 0.05) is 5.56 Å². The minimum atomic E-state index is -0.709. The minimum absolute atomic E-state index is 0.240. The molecular weight excluding hydrogens is 280 g/mol.